The fraction of sp³-hybridized carbons (Fsp3) is 0.778. The van der Waals surface area contributed by atoms with Crippen molar-refractivity contribution in [1.82, 2.24) is 19.9 Å². The number of aryl methyl sites for hydroxylation is 2. The number of likely N-dealkylation sites (tertiary alicyclic amines) is 1. The second kappa shape index (κ2) is 7.43. The van der Waals surface area contributed by atoms with E-state index in [9.17, 15) is 9.90 Å². The first-order chi connectivity index (χ1) is 11.9. The predicted octanol–water partition coefficient (Wildman–Crippen LogP) is 0.435. The van der Waals surface area contributed by atoms with Gasteiger partial charge < -0.3 is 19.4 Å². The molecule has 25 heavy (non-hydrogen) atoms. The van der Waals surface area contributed by atoms with E-state index in [4.69, 9.17) is 4.52 Å². The molecule has 0 bridgehead atoms. The Labute approximate surface area is 149 Å². The number of likely N-dealkylation sites (N-methyl/N-ethyl adjacent to an activating group) is 1. The van der Waals surface area contributed by atoms with Crippen LogP contribution in [0.15, 0.2) is 4.52 Å². The Kier molecular flexibility index (Phi) is 5.46. The van der Waals surface area contributed by atoms with Crippen LogP contribution >= 0.6 is 0 Å². The number of rotatable bonds is 5. The molecule has 0 aromatic carbocycles. The van der Waals surface area contributed by atoms with Gasteiger partial charge in [0.05, 0.1) is 17.8 Å². The summed E-state index contributed by atoms with van der Waals surface area (Å²) in [6.45, 7) is 9.58. The molecule has 1 unspecified atom stereocenters. The van der Waals surface area contributed by atoms with Crippen molar-refractivity contribution >= 4 is 5.91 Å². The highest BCUT2D eigenvalue weighted by molar-refractivity contribution is 5.77. The van der Waals surface area contributed by atoms with Crippen LogP contribution in [-0.2, 0) is 11.2 Å². The standard InChI is InChI=1S/C18H30N4O3/c1-14-16(15(2)25-19-14)4-5-17(23)22-7-6-18(24,13-22)12-21-10-8-20(3)9-11-21/h24H,4-13H2,1-3H3. The average molecular weight is 350 g/mol. The second-order valence-corrected chi connectivity index (χ2v) is 7.67. The fourth-order valence-corrected chi connectivity index (χ4v) is 3.87. The molecule has 7 nitrogen and oxygen atoms in total. The number of aliphatic hydroxyl groups is 1. The summed E-state index contributed by atoms with van der Waals surface area (Å²) in [6, 6.07) is 0. The summed E-state index contributed by atoms with van der Waals surface area (Å²) in [5.74, 6) is 0.896. The van der Waals surface area contributed by atoms with Crippen molar-refractivity contribution in [2.45, 2.75) is 38.7 Å². The molecule has 2 fully saturated rings. The molecule has 0 radical (unpaired) electrons. The molecule has 7 heteroatoms. The number of nitrogens with zero attached hydrogens (tertiary/aromatic N) is 4. The van der Waals surface area contributed by atoms with Crippen molar-refractivity contribution in [3.63, 3.8) is 0 Å². The third-order valence-corrected chi connectivity index (χ3v) is 5.57. The topological polar surface area (TPSA) is 73.0 Å². The molecule has 1 atom stereocenters. The van der Waals surface area contributed by atoms with Crippen LogP contribution in [0.3, 0.4) is 0 Å². The lowest BCUT2D eigenvalue weighted by molar-refractivity contribution is -0.131. The number of piperazine rings is 1. The maximum atomic E-state index is 12.5. The van der Waals surface area contributed by atoms with E-state index in [0.717, 1.165) is 43.2 Å². The molecule has 0 saturated carbocycles. The predicted molar refractivity (Wildman–Crippen MR) is 94.4 cm³/mol. The van der Waals surface area contributed by atoms with E-state index in [1.807, 2.05) is 18.7 Å². The molecule has 140 valence electrons. The third-order valence-electron chi connectivity index (χ3n) is 5.57. The van der Waals surface area contributed by atoms with E-state index in [2.05, 4.69) is 22.0 Å². The lowest BCUT2D eigenvalue weighted by Gasteiger charge is -2.36. The van der Waals surface area contributed by atoms with Gasteiger partial charge in [0.15, 0.2) is 0 Å². The zero-order valence-corrected chi connectivity index (χ0v) is 15.6. The maximum Gasteiger partial charge on any atom is 0.223 e. The number of hydrogen-bond acceptors (Lipinski definition) is 6. The highest BCUT2D eigenvalue weighted by atomic mass is 16.5. The van der Waals surface area contributed by atoms with Crippen LogP contribution < -0.4 is 0 Å². The Morgan fingerprint density at radius 3 is 2.60 bits per heavy atom. The highest BCUT2D eigenvalue weighted by Crippen LogP contribution is 2.24. The molecule has 2 aliphatic rings. The van der Waals surface area contributed by atoms with Crippen molar-refractivity contribution in [2.75, 3.05) is 52.9 Å². The van der Waals surface area contributed by atoms with Crippen LogP contribution in [0.5, 0.6) is 0 Å². The minimum Gasteiger partial charge on any atom is -0.387 e. The largest absolute Gasteiger partial charge is 0.387 e. The van der Waals surface area contributed by atoms with Gasteiger partial charge in [0, 0.05) is 51.3 Å². The molecule has 1 aromatic heterocycles. The lowest BCUT2D eigenvalue weighted by atomic mass is 10.0. The van der Waals surface area contributed by atoms with Crippen molar-refractivity contribution in [3.05, 3.63) is 17.0 Å². The Morgan fingerprint density at radius 1 is 1.24 bits per heavy atom. The van der Waals surface area contributed by atoms with E-state index in [1.165, 1.54) is 0 Å². The number of amides is 1. The Balaban J connectivity index is 1.48. The summed E-state index contributed by atoms with van der Waals surface area (Å²) in [4.78, 5) is 19.0. The molecule has 3 heterocycles. The second-order valence-electron chi connectivity index (χ2n) is 7.67. The Bertz CT molecular complexity index is 590. The van der Waals surface area contributed by atoms with E-state index in [-0.39, 0.29) is 5.91 Å². The maximum absolute atomic E-state index is 12.5. The van der Waals surface area contributed by atoms with E-state index in [1.54, 1.807) is 0 Å². The van der Waals surface area contributed by atoms with Crippen LogP contribution in [0.4, 0.5) is 0 Å². The summed E-state index contributed by atoms with van der Waals surface area (Å²) in [5.41, 5.74) is 1.12. The molecule has 3 rings (SSSR count). The number of carbonyl (C=O) groups is 1. The van der Waals surface area contributed by atoms with Crippen LogP contribution in [0, 0.1) is 13.8 Å². The summed E-state index contributed by atoms with van der Waals surface area (Å²) >= 11 is 0. The van der Waals surface area contributed by atoms with Crippen LogP contribution in [0.2, 0.25) is 0 Å². The average Bonchev–Trinajstić information content (AvgIpc) is 3.11. The van der Waals surface area contributed by atoms with Gasteiger partial charge in [0.1, 0.15) is 5.76 Å². The normalized spacial score (nSPS) is 25.7. The first kappa shape index (κ1) is 18.4. The van der Waals surface area contributed by atoms with Gasteiger partial charge in [-0.05, 0) is 33.7 Å². The van der Waals surface area contributed by atoms with Crippen LogP contribution in [0.1, 0.15) is 29.9 Å². The van der Waals surface area contributed by atoms with E-state index in [0.29, 0.717) is 38.9 Å². The van der Waals surface area contributed by atoms with Crippen molar-refractivity contribution in [1.29, 1.82) is 0 Å². The van der Waals surface area contributed by atoms with Crippen LogP contribution in [0.25, 0.3) is 0 Å². The summed E-state index contributed by atoms with van der Waals surface area (Å²) in [7, 11) is 2.13. The molecule has 1 amide bonds. The van der Waals surface area contributed by atoms with E-state index >= 15 is 0 Å². The van der Waals surface area contributed by atoms with Gasteiger partial charge in [0.25, 0.3) is 0 Å². The molecule has 2 aliphatic heterocycles. The first-order valence-corrected chi connectivity index (χ1v) is 9.19. The number of carbonyl (C=O) groups excluding carboxylic acids is 1. The van der Waals surface area contributed by atoms with Gasteiger partial charge in [-0.3, -0.25) is 9.69 Å². The molecule has 0 spiro atoms. The molecule has 1 N–H and O–H groups in total. The molecular formula is C18H30N4O3. The summed E-state index contributed by atoms with van der Waals surface area (Å²) in [5, 5.41) is 14.8. The molecule has 1 aromatic rings. The number of β-amino-alcohol motifs (C(OH)–C–C–N with tert-alkyl or cyclic N) is 1. The van der Waals surface area contributed by atoms with Gasteiger partial charge in [0.2, 0.25) is 5.91 Å². The highest BCUT2D eigenvalue weighted by Gasteiger charge is 2.39. The smallest absolute Gasteiger partial charge is 0.223 e. The summed E-state index contributed by atoms with van der Waals surface area (Å²) in [6.07, 6.45) is 1.75. The fourth-order valence-electron chi connectivity index (χ4n) is 3.87. The number of aromatic nitrogens is 1. The molecule has 2 saturated heterocycles. The van der Waals surface area contributed by atoms with Gasteiger partial charge in [-0.15, -0.1) is 0 Å². The lowest BCUT2D eigenvalue weighted by Crippen LogP contribution is -2.52. The SMILES string of the molecule is Cc1noc(C)c1CCC(=O)N1CCC(O)(CN2CCN(C)CC2)C1. The third kappa shape index (κ3) is 4.40. The first-order valence-electron chi connectivity index (χ1n) is 9.19. The van der Waals surface area contributed by atoms with Gasteiger partial charge in [-0.1, -0.05) is 5.16 Å². The van der Waals surface area contributed by atoms with Gasteiger partial charge in [-0.25, -0.2) is 0 Å². The molecule has 0 aliphatic carbocycles. The van der Waals surface area contributed by atoms with Gasteiger partial charge >= 0.3 is 0 Å². The van der Waals surface area contributed by atoms with Crippen molar-refractivity contribution in [3.8, 4) is 0 Å². The number of hydrogen-bond donors (Lipinski definition) is 1. The van der Waals surface area contributed by atoms with Crippen molar-refractivity contribution in [2.24, 2.45) is 0 Å². The van der Waals surface area contributed by atoms with E-state index < -0.39 is 5.60 Å². The molecular weight excluding hydrogens is 320 g/mol. The zero-order chi connectivity index (χ0) is 18.0. The van der Waals surface area contributed by atoms with Crippen LogP contribution in [-0.4, -0.2) is 89.3 Å². The monoisotopic (exact) mass is 350 g/mol. The summed E-state index contributed by atoms with van der Waals surface area (Å²) < 4.78 is 5.15. The van der Waals surface area contributed by atoms with Gasteiger partial charge in [-0.2, -0.15) is 0 Å². The minimum absolute atomic E-state index is 0.106. The van der Waals surface area contributed by atoms with Crippen molar-refractivity contribution < 1.29 is 14.4 Å². The Morgan fingerprint density at radius 2 is 1.96 bits per heavy atom. The minimum atomic E-state index is -0.769. The quantitative estimate of drug-likeness (QED) is 0.831. The zero-order valence-electron chi connectivity index (χ0n) is 15.6. The Hall–Kier alpha value is -1.44.